The van der Waals surface area contributed by atoms with Gasteiger partial charge in [-0.05, 0) is 27.2 Å². The summed E-state index contributed by atoms with van der Waals surface area (Å²) in [4.78, 5) is 6.68. The van der Waals surface area contributed by atoms with Crippen molar-refractivity contribution in [2.24, 2.45) is 0 Å². The minimum atomic E-state index is 0.176. The number of nitrogens with one attached hydrogen (secondary N) is 1. The SMILES string of the molecule is CCCc1nsc(N(C)CCNC(C)(C)C)n1. The third-order valence-electron chi connectivity index (χ3n) is 2.36. The molecule has 0 aliphatic heterocycles. The van der Waals surface area contributed by atoms with Crippen LogP contribution in [0.3, 0.4) is 0 Å². The average Bonchev–Trinajstić information content (AvgIpc) is 2.65. The molecule has 1 heterocycles. The lowest BCUT2D eigenvalue weighted by atomic mass is 10.1. The fourth-order valence-corrected chi connectivity index (χ4v) is 2.12. The summed E-state index contributed by atoms with van der Waals surface area (Å²) in [6, 6.07) is 0. The number of rotatable bonds is 6. The van der Waals surface area contributed by atoms with Gasteiger partial charge in [-0.2, -0.15) is 4.37 Å². The van der Waals surface area contributed by atoms with Crippen molar-refractivity contribution >= 4 is 16.7 Å². The van der Waals surface area contributed by atoms with Crippen LogP contribution in [0.2, 0.25) is 0 Å². The summed E-state index contributed by atoms with van der Waals surface area (Å²) in [6.07, 6.45) is 2.08. The van der Waals surface area contributed by atoms with Crippen LogP contribution in [-0.4, -0.2) is 35.0 Å². The first-order valence-electron chi connectivity index (χ1n) is 6.21. The van der Waals surface area contributed by atoms with Crippen LogP contribution in [0.5, 0.6) is 0 Å². The molecule has 0 aliphatic rings. The van der Waals surface area contributed by atoms with Crippen molar-refractivity contribution in [2.45, 2.75) is 46.1 Å². The molecule has 17 heavy (non-hydrogen) atoms. The van der Waals surface area contributed by atoms with Crippen LogP contribution in [0.4, 0.5) is 5.13 Å². The molecule has 0 aliphatic carbocycles. The monoisotopic (exact) mass is 256 g/mol. The van der Waals surface area contributed by atoms with Crippen molar-refractivity contribution < 1.29 is 0 Å². The molecule has 0 saturated heterocycles. The molecule has 0 unspecified atom stereocenters. The van der Waals surface area contributed by atoms with Gasteiger partial charge in [0.15, 0.2) is 0 Å². The molecule has 0 atom stereocenters. The maximum Gasteiger partial charge on any atom is 0.204 e. The van der Waals surface area contributed by atoms with E-state index in [4.69, 9.17) is 0 Å². The maximum atomic E-state index is 4.52. The molecule has 1 aromatic heterocycles. The zero-order valence-electron chi connectivity index (χ0n) is 11.6. The van der Waals surface area contributed by atoms with Crippen molar-refractivity contribution in [1.82, 2.24) is 14.7 Å². The summed E-state index contributed by atoms with van der Waals surface area (Å²) in [5.74, 6) is 0.975. The molecule has 0 fully saturated rings. The first-order chi connectivity index (χ1) is 7.92. The van der Waals surface area contributed by atoms with Gasteiger partial charge in [-0.3, -0.25) is 0 Å². The second-order valence-electron chi connectivity index (χ2n) is 5.34. The van der Waals surface area contributed by atoms with E-state index in [0.29, 0.717) is 0 Å². The third kappa shape index (κ3) is 5.46. The molecule has 0 aromatic carbocycles. The van der Waals surface area contributed by atoms with Crippen molar-refractivity contribution in [2.75, 3.05) is 25.0 Å². The number of nitrogens with zero attached hydrogens (tertiary/aromatic N) is 3. The molecular weight excluding hydrogens is 232 g/mol. The van der Waals surface area contributed by atoms with Gasteiger partial charge in [0, 0.05) is 43.6 Å². The molecule has 98 valence electrons. The summed E-state index contributed by atoms with van der Waals surface area (Å²) >= 11 is 1.49. The van der Waals surface area contributed by atoms with E-state index in [1.165, 1.54) is 11.5 Å². The summed E-state index contributed by atoms with van der Waals surface area (Å²) in [5, 5.41) is 4.49. The Kier molecular flexibility index (Phi) is 5.33. The van der Waals surface area contributed by atoms with Crippen molar-refractivity contribution in [3.63, 3.8) is 0 Å². The highest BCUT2D eigenvalue weighted by Crippen LogP contribution is 2.15. The predicted octanol–water partition coefficient (Wildman–Crippen LogP) is 2.31. The number of likely N-dealkylation sites (N-methyl/N-ethyl adjacent to an activating group) is 1. The van der Waals surface area contributed by atoms with E-state index in [0.717, 1.165) is 36.9 Å². The number of aryl methyl sites for hydroxylation is 1. The Morgan fingerprint density at radius 2 is 2.06 bits per heavy atom. The summed E-state index contributed by atoms with van der Waals surface area (Å²) < 4.78 is 4.35. The number of anilines is 1. The standard InChI is InChI=1S/C12H24N4S/c1-6-7-10-14-11(17-15-10)16(5)9-8-13-12(2,3)4/h13H,6-9H2,1-5H3. The molecule has 0 saturated carbocycles. The zero-order valence-corrected chi connectivity index (χ0v) is 12.4. The maximum absolute atomic E-state index is 4.52. The van der Waals surface area contributed by atoms with Gasteiger partial charge < -0.3 is 10.2 Å². The summed E-state index contributed by atoms with van der Waals surface area (Å²) in [6.45, 7) is 10.6. The zero-order chi connectivity index (χ0) is 12.9. The molecule has 5 heteroatoms. The van der Waals surface area contributed by atoms with E-state index >= 15 is 0 Å². The van der Waals surface area contributed by atoms with E-state index in [1.54, 1.807) is 0 Å². The van der Waals surface area contributed by atoms with Crippen molar-refractivity contribution in [1.29, 1.82) is 0 Å². The lowest BCUT2D eigenvalue weighted by Gasteiger charge is -2.23. The number of hydrogen-bond acceptors (Lipinski definition) is 5. The Bertz CT molecular complexity index is 329. The topological polar surface area (TPSA) is 41.1 Å². The summed E-state index contributed by atoms with van der Waals surface area (Å²) in [5.41, 5.74) is 0.176. The number of hydrogen-bond donors (Lipinski definition) is 1. The molecule has 0 spiro atoms. The molecule has 1 rings (SSSR count). The van der Waals surface area contributed by atoms with Gasteiger partial charge in [-0.1, -0.05) is 6.92 Å². The Morgan fingerprint density at radius 3 is 2.65 bits per heavy atom. The molecule has 1 aromatic rings. The van der Waals surface area contributed by atoms with Gasteiger partial charge in [0.2, 0.25) is 5.13 Å². The minimum Gasteiger partial charge on any atom is -0.349 e. The lowest BCUT2D eigenvalue weighted by molar-refractivity contribution is 0.431. The second kappa shape index (κ2) is 6.31. The van der Waals surface area contributed by atoms with Crippen LogP contribution >= 0.6 is 11.5 Å². The predicted molar refractivity (Wildman–Crippen MR) is 74.9 cm³/mol. The van der Waals surface area contributed by atoms with Crippen LogP contribution in [0.25, 0.3) is 0 Å². The highest BCUT2D eigenvalue weighted by atomic mass is 32.1. The van der Waals surface area contributed by atoms with Crippen LogP contribution in [0.15, 0.2) is 0 Å². The van der Waals surface area contributed by atoms with Crippen LogP contribution in [-0.2, 0) is 6.42 Å². The fraction of sp³-hybridized carbons (Fsp3) is 0.833. The normalized spacial score (nSPS) is 11.8. The van der Waals surface area contributed by atoms with Crippen LogP contribution in [0, 0.1) is 0 Å². The minimum absolute atomic E-state index is 0.176. The summed E-state index contributed by atoms with van der Waals surface area (Å²) in [7, 11) is 2.07. The quantitative estimate of drug-likeness (QED) is 0.848. The third-order valence-corrected chi connectivity index (χ3v) is 3.23. The molecule has 0 bridgehead atoms. The van der Waals surface area contributed by atoms with Crippen molar-refractivity contribution in [3.05, 3.63) is 5.82 Å². The van der Waals surface area contributed by atoms with Gasteiger partial charge in [0.05, 0.1) is 0 Å². The van der Waals surface area contributed by atoms with Gasteiger partial charge in [0.25, 0.3) is 0 Å². The van der Waals surface area contributed by atoms with E-state index < -0.39 is 0 Å². The Labute approximate surface area is 109 Å². The van der Waals surface area contributed by atoms with E-state index in [-0.39, 0.29) is 5.54 Å². The highest BCUT2D eigenvalue weighted by molar-refractivity contribution is 7.09. The van der Waals surface area contributed by atoms with E-state index in [2.05, 4.69) is 54.3 Å². The van der Waals surface area contributed by atoms with Gasteiger partial charge in [-0.25, -0.2) is 4.98 Å². The van der Waals surface area contributed by atoms with Gasteiger partial charge in [-0.15, -0.1) is 0 Å². The molecular formula is C12H24N4S. The van der Waals surface area contributed by atoms with Crippen molar-refractivity contribution in [3.8, 4) is 0 Å². The van der Waals surface area contributed by atoms with Crippen LogP contribution in [0.1, 0.15) is 39.9 Å². The Hall–Kier alpha value is -0.680. The van der Waals surface area contributed by atoms with Gasteiger partial charge in [0.1, 0.15) is 5.82 Å². The molecule has 0 radical (unpaired) electrons. The smallest absolute Gasteiger partial charge is 0.204 e. The largest absolute Gasteiger partial charge is 0.349 e. The fourth-order valence-electron chi connectivity index (χ4n) is 1.42. The van der Waals surface area contributed by atoms with E-state index in [9.17, 15) is 0 Å². The molecule has 1 N–H and O–H groups in total. The van der Waals surface area contributed by atoms with Gasteiger partial charge >= 0.3 is 0 Å². The first kappa shape index (κ1) is 14.4. The Balaban J connectivity index is 2.38. The van der Waals surface area contributed by atoms with Crippen LogP contribution < -0.4 is 10.2 Å². The first-order valence-corrected chi connectivity index (χ1v) is 6.98. The molecule has 0 amide bonds. The number of aromatic nitrogens is 2. The average molecular weight is 256 g/mol. The second-order valence-corrected chi connectivity index (χ2v) is 6.07. The lowest BCUT2D eigenvalue weighted by Crippen LogP contribution is -2.40. The molecule has 4 nitrogen and oxygen atoms in total. The van der Waals surface area contributed by atoms with E-state index in [1.807, 2.05) is 0 Å². The highest BCUT2D eigenvalue weighted by Gasteiger charge is 2.11. The Morgan fingerprint density at radius 1 is 1.35 bits per heavy atom.